The van der Waals surface area contributed by atoms with Crippen molar-refractivity contribution in [3.05, 3.63) is 34.0 Å². The number of carbonyl (C=O) groups is 2. The molecule has 0 bridgehead atoms. The number of Topliss-reactive ketones (excluding diaryl/α,β-unsaturated/α-hetero) is 2. The van der Waals surface area contributed by atoms with Gasteiger partial charge in [-0.15, -0.1) is 11.3 Å². The van der Waals surface area contributed by atoms with Crippen molar-refractivity contribution in [3.8, 4) is 6.07 Å². The van der Waals surface area contributed by atoms with E-state index in [4.69, 9.17) is 5.26 Å². The van der Waals surface area contributed by atoms with E-state index in [0.717, 1.165) is 17.7 Å². The summed E-state index contributed by atoms with van der Waals surface area (Å²) in [6.07, 6.45) is 6.23. The zero-order valence-electron chi connectivity index (χ0n) is 10.8. The molecule has 2 rings (SSSR count). The lowest BCUT2D eigenvalue weighted by Crippen LogP contribution is -2.29. The summed E-state index contributed by atoms with van der Waals surface area (Å²) in [4.78, 5) is 26.0. The van der Waals surface area contributed by atoms with Gasteiger partial charge in [-0.3, -0.25) is 9.59 Å². The Balaban J connectivity index is 2.16. The van der Waals surface area contributed by atoms with Gasteiger partial charge >= 0.3 is 0 Å². The Morgan fingerprint density at radius 3 is 2.74 bits per heavy atom. The molecule has 0 radical (unpaired) electrons. The van der Waals surface area contributed by atoms with Gasteiger partial charge in [-0.05, 0) is 38.3 Å². The van der Waals surface area contributed by atoms with Crippen LogP contribution in [0.25, 0.3) is 0 Å². The first-order valence-electron chi connectivity index (χ1n) is 6.32. The first kappa shape index (κ1) is 13.7. The van der Waals surface area contributed by atoms with Crippen LogP contribution in [-0.4, -0.2) is 11.6 Å². The van der Waals surface area contributed by atoms with Crippen LogP contribution in [0.3, 0.4) is 0 Å². The molecule has 0 aromatic carbocycles. The molecule has 19 heavy (non-hydrogen) atoms. The highest BCUT2D eigenvalue weighted by Gasteiger charge is 2.33. The van der Waals surface area contributed by atoms with E-state index in [-0.39, 0.29) is 17.5 Å². The number of ketones is 2. The second-order valence-corrected chi connectivity index (χ2v) is 6.01. The van der Waals surface area contributed by atoms with Crippen molar-refractivity contribution < 1.29 is 9.59 Å². The molecule has 1 aromatic rings. The molecular formula is C15H15NO2S. The van der Waals surface area contributed by atoms with Crippen LogP contribution in [0.5, 0.6) is 0 Å². The van der Waals surface area contributed by atoms with Crippen LogP contribution >= 0.6 is 11.3 Å². The SMILES string of the molecule is Cc1ccc(C(=O)[C@@H](C#N)C(=O)[C@@H]2CC=CCC2)s1. The van der Waals surface area contributed by atoms with Crippen LogP contribution in [0.2, 0.25) is 0 Å². The van der Waals surface area contributed by atoms with Gasteiger partial charge in [-0.2, -0.15) is 5.26 Å². The molecule has 0 amide bonds. The molecule has 0 fully saturated rings. The minimum absolute atomic E-state index is 0.181. The van der Waals surface area contributed by atoms with Gasteiger partial charge in [0.25, 0.3) is 0 Å². The fraction of sp³-hybridized carbons (Fsp3) is 0.400. The lowest BCUT2D eigenvalue weighted by atomic mass is 9.83. The zero-order valence-corrected chi connectivity index (χ0v) is 11.6. The summed E-state index contributed by atoms with van der Waals surface area (Å²) in [6.45, 7) is 1.90. The predicted octanol–water partition coefficient (Wildman–Crippen LogP) is 3.30. The molecule has 0 N–H and O–H groups in total. The number of nitrogens with zero attached hydrogens (tertiary/aromatic N) is 1. The van der Waals surface area contributed by atoms with E-state index in [1.165, 1.54) is 11.3 Å². The number of nitriles is 1. The van der Waals surface area contributed by atoms with Crippen molar-refractivity contribution >= 4 is 22.9 Å². The summed E-state index contributed by atoms with van der Waals surface area (Å²) in [6, 6.07) is 5.42. The van der Waals surface area contributed by atoms with Gasteiger partial charge in [0.1, 0.15) is 0 Å². The maximum absolute atomic E-state index is 12.3. The van der Waals surface area contributed by atoms with Gasteiger partial charge in [0.15, 0.2) is 17.5 Å². The van der Waals surface area contributed by atoms with Gasteiger partial charge in [0.05, 0.1) is 10.9 Å². The monoisotopic (exact) mass is 273 g/mol. The lowest BCUT2D eigenvalue weighted by Gasteiger charge is -2.18. The normalized spacial score (nSPS) is 19.7. The molecule has 0 saturated carbocycles. The maximum atomic E-state index is 12.3. The summed E-state index contributed by atoms with van der Waals surface area (Å²) < 4.78 is 0. The van der Waals surface area contributed by atoms with Crippen LogP contribution in [0, 0.1) is 30.1 Å². The number of rotatable bonds is 4. The van der Waals surface area contributed by atoms with E-state index < -0.39 is 5.92 Å². The van der Waals surface area contributed by atoms with E-state index in [0.29, 0.717) is 11.3 Å². The quantitative estimate of drug-likeness (QED) is 0.480. The van der Waals surface area contributed by atoms with E-state index in [9.17, 15) is 9.59 Å². The summed E-state index contributed by atoms with van der Waals surface area (Å²) >= 11 is 1.34. The van der Waals surface area contributed by atoms with E-state index >= 15 is 0 Å². The number of allylic oxidation sites excluding steroid dienone is 2. The molecule has 1 aliphatic rings. The Kier molecular flexibility index (Phi) is 4.28. The molecule has 4 heteroatoms. The van der Waals surface area contributed by atoms with Crippen molar-refractivity contribution in [2.24, 2.45) is 11.8 Å². The fourth-order valence-corrected chi connectivity index (χ4v) is 3.09. The molecule has 1 aromatic heterocycles. The Bertz CT molecular complexity index is 565. The molecular weight excluding hydrogens is 258 g/mol. The summed E-state index contributed by atoms with van der Waals surface area (Å²) in [7, 11) is 0. The first-order chi connectivity index (χ1) is 9.13. The van der Waals surface area contributed by atoms with Crippen LogP contribution < -0.4 is 0 Å². The lowest BCUT2D eigenvalue weighted by molar-refractivity contribution is -0.124. The molecule has 1 aliphatic carbocycles. The number of hydrogen-bond donors (Lipinski definition) is 0. The number of aryl methyl sites for hydroxylation is 1. The predicted molar refractivity (Wildman–Crippen MR) is 74.0 cm³/mol. The fourth-order valence-electron chi connectivity index (χ4n) is 2.25. The molecule has 98 valence electrons. The first-order valence-corrected chi connectivity index (χ1v) is 7.14. The second-order valence-electron chi connectivity index (χ2n) is 4.72. The smallest absolute Gasteiger partial charge is 0.197 e. The largest absolute Gasteiger partial charge is 0.297 e. The minimum Gasteiger partial charge on any atom is -0.297 e. The summed E-state index contributed by atoms with van der Waals surface area (Å²) in [5, 5.41) is 9.16. The Morgan fingerprint density at radius 2 is 2.21 bits per heavy atom. The molecule has 0 unspecified atom stereocenters. The van der Waals surface area contributed by atoms with Crippen LogP contribution in [0.4, 0.5) is 0 Å². The molecule has 1 heterocycles. The number of thiophene rings is 1. The number of hydrogen-bond acceptors (Lipinski definition) is 4. The molecule has 0 saturated heterocycles. The van der Waals surface area contributed by atoms with E-state index in [1.807, 2.05) is 31.2 Å². The molecule has 0 spiro atoms. The zero-order chi connectivity index (χ0) is 13.8. The van der Waals surface area contributed by atoms with Gasteiger partial charge in [-0.1, -0.05) is 12.2 Å². The van der Waals surface area contributed by atoms with Crippen molar-refractivity contribution in [3.63, 3.8) is 0 Å². The third-order valence-corrected chi connectivity index (χ3v) is 4.35. The maximum Gasteiger partial charge on any atom is 0.197 e. The van der Waals surface area contributed by atoms with Gasteiger partial charge in [-0.25, -0.2) is 0 Å². The third-order valence-electron chi connectivity index (χ3n) is 3.33. The Hall–Kier alpha value is -1.73. The highest BCUT2D eigenvalue weighted by molar-refractivity contribution is 7.14. The standard InChI is InChI=1S/C15H15NO2S/c1-10-7-8-13(19-10)15(18)12(9-16)14(17)11-5-3-2-4-6-11/h2-3,7-8,11-12H,4-6H2,1H3/t11-,12+/m1/s1. The van der Waals surface area contributed by atoms with Gasteiger partial charge in [0.2, 0.25) is 0 Å². The van der Waals surface area contributed by atoms with Crippen LogP contribution in [0.1, 0.15) is 33.8 Å². The second kappa shape index (κ2) is 5.94. The van der Waals surface area contributed by atoms with E-state index in [1.54, 1.807) is 6.07 Å². The average Bonchev–Trinajstić information content (AvgIpc) is 2.87. The van der Waals surface area contributed by atoms with E-state index in [2.05, 4.69) is 0 Å². The Morgan fingerprint density at radius 1 is 1.42 bits per heavy atom. The third kappa shape index (κ3) is 2.99. The highest BCUT2D eigenvalue weighted by Crippen LogP contribution is 2.26. The summed E-state index contributed by atoms with van der Waals surface area (Å²) in [5.41, 5.74) is 0. The Labute approximate surface area is 116 Å². The summed E-state index contributed by atoms with van der Waals surface area (Å²) in [5.74, 6) is -1.89. The van der Waals surface area contributed by atoms with Gasteiger partial charge < -0.3 is 0 Å². The highest BCUT2D eigenvalue weighted by atomic mass is 32.1. The van der Waals surface area contributed by atoms with Crippen molar-refractivity contribution in [2.75, 3.05) is 0 Å². The number of carbonyl (C=O) groups excluding carboxylic acids is 2. The van der Waals surface area contributed by atoms with Crippen molar-refractivity contribution in [1.82, 2.24) is 0 Å². The molecule has 3 nitrogen and oxygen atoms in total. The average molecular weight is 273 g/mol. The van der Waals surface area contributed by atoms with Gasteiger partial charge in [0, 0.05) is 10.8 Å². The van der Waals surface area contributed by atoms with Crippen molar-refractivity contribution in [1.29, 1.82) is 5.26 Å². The molecule has 0 aliphatic heterocycles. The minimum atomic E-state index is -1.14. The van der Waals surface area contributed by atoms with Crippen molar-refractivity contribution in [2.45, 2.75) is 26.2 Å². The topological polar surface area (TPSA) is 57.9 Å². The van der Waals surface area contributed by atoms with Crippen LogP contribution in [0.15, 0.2) is 24.3 Å². The van der Waals surface area contributed by atoms with Crippen LogP contribution in [-0.2, 0) is 4.79 Å². The molecule has 2 atom stereocenters.